The molecule has 0 radical (unpaired) electrons. The molecule has 0 bridgehead atoms. The van der Waals surface area contributed by atoms with E-state index >= 15 is 0 Å². The van der Waals surface area contributed by atoms with Crippen LogP contribution in [0.5, 0.6) is 0 Å². The lowest BCUT2D eigenvalue weighted by Gasteiger charge is -2.10. The molecule has 0 N–H and O–H groups in total. The SMILES string of the molecule is Cc1cc(C(=O)COC(=O)/C=C/c2ccccc2)c(C)n1CCc1ccc(Cl)cc1. The summed E-state index contributed by atoms with van der Waals surface area (Å²) in [4.78, 5) is 24.5. The molecule has 0 saturated heterocycles. The fourth-order valence-electron chi connectivity index (χ4n) is 3.31. The first kappa shape index (κ1) is 21.6. The van der Waals surface area contributed by atoms with Crippen LogP contribution in [0, 0.1) is 13.8 Å². The second-order valence-electron chi connectivity index (χ2n) is 7.09. The van der Waals surface area contributed by atoms with Crippen LogP contribution in [0.4, 0.5) is 0 Å². The van der Waals surface area contributed by atoms with E-state index in [1.807, 2.05) is 74.5 Å². The Bertz CT molecular complexity index is 1050. The number of aromatic nitrogens is 1. The molecule has 5 heteroatoms. The van der Waals surface area contributed by atoms with Crippen LogP contribution in [0.2, 0.25) is 5.02 Å². The summed E-state index contributed by atoms with van der Waals surface area (Å²) in [6.07, 6.45) is 3.83. The summed E-state index contributed by atoms with van der Waals surface area (Å²) in [5.74, 6) is -0.744. The Morgan fingerprint density at radius 1 is 1.03 bits per heavy atom. The molecule has 3 aromatic rings. The van der Waals surface area contributed by atoms with Crippen LogP contribution in [0.3, 0.4) is 0 Å². The number of carbonyl (C=O) groups excluding carboxylic acids is 2. The van der Waals surface area contributed by atoms with Gasteiger partial charge in [-0.1, -0.05) is 54.1 Å². The van der Waals surface area contributed by atoms with E-state index in [-0.39, 0.29) is 12.4 Å². The molecule has 30 heavy (non-hydrogen) atoms. The average Bonchev–Trinajstić information content (AvgIpc) is 3.04. The normalized spacial score (nSPS) is 11.0. The second kappa shape index (κ2) is 10.1. The first-order chi connectivity index (χ1) is 14.4. The Kier molecular flexibility index (Phi) is 7.26. The van der Waals surface area contributed by atoms with Crippen molar-refractivity contribution in [3.8, 4) is 0 Å². The second-order valence-corrected chi connectivity index (χ2v) is 7.52. The smallest absolute Gasteiger partial charge is 0.331 e. The Balaban J connectivity index is 1.58. The van der Waals surface area contributed by atoms with E-state index < -0.39 is 5.97 Å². The quantitative estimate of drug-likeness (QED) is 0.276. The molecule has 0 aliphatic heterocycles. The molecule has 3 rings (SSSR count). The summed E-state index contributed by atoms with van der Waals surface area (Å²) in [6, 6.07) is 19.1. The average molecular weight is 422 g/mol. The number of esters is 1. The number of ketones is 1. The molecular weight excluding hydrogens is 398 g/mol. The fraction of sp³-hybridized carbons (Fsp3) is 0.200. The molecule has 0 saturated carbocycles. The number of carbonyl (C=O) groups is 2. The monoisotopic (exact) mass is 421 g/mol. The summed E-state index contributed by atoms with van der Waals surface area (Å²) in [7, 11) is 0. The van der Waals surface area contributed by atoms with Crippen molar-refractivity contribution in [2.45, 2.75) is 26.8 Å². The molecule has 1 heterocycles. The van der Waals surface area contributed by atoms with Crippen LogP contribution >= 0.6 is 11.6 Å². The van der Waals surface area contributed by atoms with Gasteiger partial charge in [-0.15, -0.1) is 0 Å². The van der Waals surface area contributed by atoms with Gasteiger partial charge in [-0.05, 0) is 55.7 Å². The highest BCUT2D eigenvalue weighted by Crippen LogP contribution is 2.18. The van der Waals surface area contributed by atoms with Crippen molar-refractivity contribution in [3.05, 3.63) is 99.8 Å². The minimum absolute atomic E-state index is 0.206. The van der Waals surface area contributed by atoms with Gasteiger partial charge >= 0.3 is 5.97 Å². The Hall–Kier alpha value is -3.11. The van der Waals surface area contributed by atoms with Crippen molar-refractivity contribution in [2.24, 2.45) is 0 Å². The first-order valence-corrected chi connectivity index (χ1v) is 10.2. The van der Waals surface area contributed by atoms with Gasteiger partial charge in [-0.25, -0.2) is 4.79 Å². The van der Waals surface area contributed by atoms with Crippen LogP contribution in [0.25, 0.3) is 6.08 Å². The third kappa shape index (κ3) is 5.71. The van der Waals surface area contributed by atoms with Crippen molar-refractivity contribution in [1.29, 1.82) is 0 Å². The predicted molar refractivity (Wildman–Crippen MR) is 120 cm³/mol. The first-order valence-electron chi connectivity index (χ1n) is 9.78. The minimum atomic E-state index is -0.538. The van der Waals surface area contributed by atoms with Crippen LogP contribution in [0.1, 0.15) is 32.9 Å². The fourth-order valence-corrected chi connectivity index (χ4v) is 3.44. The maximum Gasteiger partial charge on any atom is 0.331 e. The molecule has 0 atom stereocenters. The summed E-state index contributed by atoms with van der Waals surface area (Å²) in [6.45, 7) is 4.37. The molecule has 0 aliphatic carbocycles. The molecule has 0 aliphatic rings. The zero-order valence-corrected chi connectivity index (χ0v) is 17.9. The molecule has 0 unspecified atom stereocenters. The van der Waals surface area contributed by atoms with Crippen LogP contribution in [0.15, 0.2) is 66.7 Å². The van der Waals surface area contributed by atoms with Crippen molar-refractivity contribution < 1.29 is 14.3 Å². The molecular formula is C25H24ClNO3. The predicted octanol–water partition coefficient (Wildman–Crippen LogP) is 5.44. The van der Waals surface area contributed by atoms with Gasteiger partial charge < -0.3 is 9.30 Å². The van der Waals surface area contributed by atoms with Crippen LogP contribution in [-0.2, 0) is 22.5 Å². The maximum atomic E-state index is 12.6. The lowest BCUT2D eigenvalue weighted by atomic mass is 10.1. The maximum absolute atomic E-state index is 12.6. The van der Waals surface area contributed by atoms with E-state index in [9.17, 15) is 9.59 Å². The van der Waals surface area contributed by atoms with Gasteiger partial charge in [-0.2, -0.15) is 0 Å². The highest BCUT2D eigenvalue weighted by molar-refractivity contribution is 6.30. The number of hydrogen-bond acceptors (Lipinski definition) is 3. The van der Waals surface area contributed by atoms with Crippen molar-refractivity contribution in [2.75, 3.05) is 6.61 Å². The largest absolute Gasteiger partial charge is 0.454 e. The van der Waals surface area contributed by atoms with Crippen molar-refractivity contribution in [3.63, 3.8) is 0 Å². The number of nitrogens with zero attached hydrogens (tertiary/aromatic N) is 1. The highest BCUT2D eigenvalue weighted by atomic mass is 35.5. The number of halogens is 1. The Morgan fingerprint density at radius 2 is 1.73 bits per heavy atom. The molecule has 1 aromatic heterocycles. The number of hydrogen-bond donors (Lipinski definition) is 0. The molecule has 154 valence electrons. The van der Waals surface area contributed by atoms with Crippen LogP contribution < -0.4 is 0 Å². The lowest BCUT2D eigenvalue weighted by molar-refractivity contribution is -0.136. The van der Waals surface area contributed by atoms with Gasteiger partial charge in [0.15, 0.2) is 6.61 Å². The Morgan fingerprint density at radius 3 is 2.43 bits per heavy atom. The van der Waals surface area contributed by atoms with E-state index in [2.05, 4.69) is 4.57 Å². The molecule has 0 spiro atoms. The van der Waals surface area contributed by atoms with Gasteiger partial charge in [0, 0.05) is 34.6 Å². The van der Waals surface area contributed by atoms with Crippen LogP contribution in [-0.4, -0.2) is 22.9 Å². The van der Waals surface area contributed by atoms with E-state index in [1.165, 1.54) is 11.6 Å². The number of Topliss-reactive ketones (excluding diaryl/α,β-unsaturated/α-hetero) is 1. The zero-order valence-electron chi connectivity index (χ0n) is 17.1. The zero-order chi connectivity index (χ0) is 21.5. The number of benzene rings is 2. The third-order valence-corrected chi connectivity index (χ3v) is 5.22. The van der Waals surface area contributed by atoms with Gasteiger partial charge in [0.25, 0.3) is 0 Å². The standard InChI is InChI=1S/C25H24ClNO3/c1-18-16-23(19(2)27(18)15-14-21-8-11-22(26)12-9-21)24(28)17-30-25(29)13-10-20-6-4-3-5-7-20/h3-13,16H,14-15,17H2,1-2H3/b13-10+. The Labute approximate surface area is 181 Å². The van der Waals surface area contributed by atoms with E-state index in [1.54, 1.807) is 6.08 Å². The number of ether oxygens (including phenoxy) is 1. The van der Waals surface area contributed by atoms with Gasteiger partial charge in [0.05, 0.1) is 0 Å². The van der Waals surface area contributed by atoms with Crippen molar-refractivity contribution >= 4 is 29.4 Å². The molecule has 2 aromatic carbocycles. The molecule has 0 amide bonds. The molecule has 0 fully saturated rings. The highest BCUT2D eigenvalue weighted by Gasteiger charge is 2.17. The molecule has 4 nitrogen and oxygen atoms in total. The summed E-state index contributed by atoms with van der Waals surface area (Å²) in [5, 5.41) is 0.716. The van der Waals surface area contributed by atoms with Gasteiger partial charge in [0.1, 0.15) is 0 Å². The summed E-state index contributed by atoms with van der Waals surface area (Å²) < 4.78 is 7.24. The van der Waals surface area contributed by atoms with Gasteiger partial charge in [-0.3, -0.25) is 4.79 Å². The van der Waals surface area contributed by atoms with E-state index in [0.717, 1.165) is 29.9 Å². The lowest BCUT2D eigenvalue weighted by Crippen LogP contribution is -2.14. The third-order valence-electron chi connectivity index (χ3n) is 4.97. The summed E-state index contributed by atoms with van der Waals surface area (Å²) >= 11 is 5.94. The van der Waals surface area contributed by atoms with Crippen molar-refractivity contribution in [1.82, 2.24) is 4.57 Å². The number of rotatable bonds is 8. The summed E-state index contributed by atoms with van der Waals surface area (Å²) in [5.41, 5.74) is 4.54. The number of aryl methyl sites for hydroxylation is 2. The minimum Gasteiger partial charge on any atom is -0.454 e. The topological polar surface area (TPSA) is 48.3 Å². The van der Waals surface area contributed by atoms with E-state index in [0.29, 0.717) is 10.6 Å². The van der Waals surface area contributed by atoms with Gasteiger partial charge in [0.2, 0.25) is 5.78 Å². The van der Waals surface area contributed by atoms with E-state index in [4.69, 9.17) is 16.3 Å².